The molecule has 1 nitrogen and oxygen atoms in total. The Morgan fingerprint density at radius 1 is 1.25 bits per heavy atom. The van der Waals surface area contributed by atoms with E-state index in [2.05, 4.69) is 31.2 Å². The number of carbonyl (C=O) groups is 1. The maximum atomic E-state index is 11.9. The largest absolute Gasteiger partial charge is 0.298 e. The highest BCUT2D eigenvalue weighted by molar-refractivity contribution is 8.00. The second-order valence-electron chi connectivity index (χ2n) is 4.55. The summed E-state index contributed by atoms with van der Waals surface area (Å²) in [5, 5.41) is 0. The highest BCUT2D eigenvalue weighted by atomic mass is 32.2. The van der Waals surface area contributed by atoms with Crippen LogP contribution in [0.4, 0.5) is 0 Å². The summed E-state index contributed by atoms with van der Waals surface area (Å²) in [4.78, 5) is 13.1. The van der Waals surface area contributed by atoms with Gasteiger partial charge >= 0.3 is 0 Å². The third-order valence-electron chi connectivity index (χ3n) is 3.21. The SMILES string of the molecule is Cc1ccc(SCC(=O)C2CCCC2)cc1. The van der Waals surface area contributed by atoms with Crippen LogP contribution < -0.4 is 0 Å². The number of benzene rings is 1. The molecule has 0 spiro atoms. The fourth-order valence-corrected chi connectivity index (χ4v) is 3.03. The van der Waals surface area contributed by atoms with Crippen molar-refractivity contribution in [3.05, 3.63) is 29.8 Å². The van der Waals surface area contributed by atoms with E-state index in [-0.39, 0.29) is 0 Å². The number of carbonyl (C=O) groups excluding carboxylic acids is 1. The molecule has 0 saturated heterocycles. The molecular formula is C14H18OS. The van der Waals surface area contributed by atoms with Gasteiger partial charge < -0.3 is 0 Å². The monoisotopic (exact) mass is 234 g/mol. The summed E-state index contributed by atoms with van der Waals surface area (Å²) in [5.74, 6) is 1.45. The zero-order chi connectivity index (χ0) is 11.4. The highest BCUT2D eigenvalue weighted by Crippen LogP contribution is 2.28. The molecule has 1 aromatic carbocycles. The molecule has 0 N–H and O–H groups in total. The van der Waals surface area contributed by atoms with Gasteiger partial charge in [-0.25, -0.2) is 0 Å². The van der Waals surface area contributed by atoms with E-state index < -0.39 is 0 Å². The number of thioether (sulfide) groups is 1. The molecule has 2 heteroatoms. The van der Waals surface area contributed by atoms with E-state index in [9.17, 15) is 4.79 Å². The fourth-order valence-electron chi connectivity index (χ4n) is 2.15. The highest BCUT2D eigenvalue weighted by Gasteiger charge is 2.22. The van der Waals surface area contributed by atoms with Gasteiger partial charge in [-0.15, -0.1) is 11.8 Å². The molecule has 1 aromatic rings. The zero-order valence-corrected chi connectivity index (χ0v) is 10.6. The van der Waals surface area contributed by atoms with Crippen LogP contribution in [0.1, 0.15) is 31.2 Å². The Kier molecular flexibility index (Phi) is 4.05. The van der Waals surface area contributed by atoms with Crippen molar-refractivity contribution in [1.29, 1.82) is 0 Å². The van der Waals surface area contributed by atoms with E-state index in [0.29, 0.717) is 17.5 Å². The Bertz CT molecular complexity index is 350. The lowest BCUT2D eigenvalue weighted by molar-refractivity contribution is -0.120. The first-order valence-corrected chi connectivity index (χ1v) is 6.96. The lowest BCUT2D eigenvalue weighted by Gasteiger charge is -2.07. The molecule has 1 aliphatic carbocycles. The van der Waals surface area contributed by atoms with Gasteiger partial charge in [0.15, 0.2) is 0 Å². The van der Waals surface area contributed by atoms with Crippen molar-refractivity contribution in [2.24, 2.45) is 5.92 Å². The third kappa shape index (κ3) is 3.11. The Morgan fingerprint density at radius 2 is 1.88 bits per heavy atom. The summed E-state index contributed by atoms with van der Waals surface area (Å²) in [6.07, 6.45) is 4.72. The molecule has 0 radical (unpaired) electrons. The average Bonchev–Trinajstić information content (AvgIpc) is 2.81. The van der Waals surface area contributed by atoms with Crippen molar-refractivity contribution in [1.82, 2.24) is 0 Å². The van der Waals surface area contributed by atoms with E-state index in [1.165, 1.54) is 23.3 Å². The smallest absolute Gasteiger partial charge is 0.146 e. The molecule has 16 heavy (non-hydrogen) atoms. The van der Waals surface area contributed by atoms with Crippen LogP contribution in [-0.4, -0.2) is 11.5 Å². The number of ketones is 1. The molecule has 1 fully saturated rings. The van der Waals surface area contributed by atoms with Crippen LogP contribution in [0, 0.1) is 12.8 Å². The fraction of sp³-hybridized carbons (Fsp3) is 0.500. The Morgan fingerprint density at radius 3 is 2.50 bits per heavy atom. The molecule has 0 amide bonds. The van der Waals surface area contributed by atoms with Crippen LogP contribution in [0.2, 0.25) is 0 Å². The van der Waals surface area contributed by atoms with Crippen molar-refractivity contribution >= 4 is 17.5 Å². The Hall–Kier alpha value is -0.760. The third-order valence-corrected chi connectivity index (χ3v) is 4.25. The van der Waals surface area contributed by atoms with Crippen LogP contribution in [0.25, 0.3) is 0 Å². The number of Topliss-reactive ketones (excluding diaryl/α,β-unsaturated/α-hetero) is 1. The predicted octanol–water partition coefficient (Wildman–Crippen LogP) is 3.85. The van der Waals surface area contributed by atoms with Gasteiger partial charge in [-0.05, 0) is 31.9 Å². The van der Waals surface area contributed by atoms with E-state index >= 15 is 0 Å². The quantitative estimate of drug-likeness (QED) is 0.736. The second kappa shape index (κ2) is 5.53. The van der Waals surface area contributed by atoms with Crippen LogP contribution in [-0.2, 0) is 4.79 Å². The van der Waals surface area contributed by atoms with E-state index in [4.69, 9.17) is 0 Å². The molecule has 1 aliphatic rings. The minimum atomic E-state index is 0.359. The van der Waals surface area contributed by atoms with E-state index in [1.807, 2.05) is 0 Å². The van der Waals surface area contributed by atoms with Gasteiger partial charge in [-0.2, -0.15) is 0 Å². The first-order valence-electron chi connectivity index (χ1n) is 5.98. The van der Waals surface area contributed by atoms with Gasteiger partial charge in [0.25, 0.3) is 0 Å². The van der Waals surface area contributed by atoms with Crippen LogP contribution in [0.3, 0.4) is 0 Å². The minimum absolute atomic E-state index is 0.359. The first kappa shape index (κ1) is 11.7. The molecule has 0 atom stereocenters. The maximum Gasteiger partial charge on any atom is 0.146 e. The van der Waals surface area contributed by atoms with Gasteiger partial charge in [0.1, 0.15) is 5.78 Å². The lowest BCUT2D eigenvalue weighted by Crippen LogP contribution is -2.12. The van der Waals surface area contributed by atoms with Gasteiger partial charge in [0.2, 0.25) is 0 Å². The Labute approximate surface area is 102 Å². The molecular weight excluding hydrogens is 216 g/mol. The molecule has 0 bridgehead atoms. The minimum Gasteiger partial charge on any atom is -0.298 e. The first-order chi connectivity index (χ1) is 7.75. The topological polar surface area (TPSA) is 17.1 Å². The summed E-state index contributed by atoms with van der Waals surface area (Å²) in [7, 11) is 0. The van der Waals surface area contributed by atoms with Gasteiger partial charge in [-0.3, -0.25) is 4.79 Å². The maximum absolute atomic E-state index is 11.9. The number of rotatable bonds is 4. The van der Waals surface area contributed by atoms with Crippen molar-refractivity contribution in [2.75, 3.05) is 5.75 Å². The molecule has 2 rings (SSSR count). The normalized spacial score (nSPS) is 16.6. The lowest BCUT2D eigenvalue weighted by atomic mass is 10.0. The molecule has 1 saturated carbocycles. The number of hydrogen-bond donors (Lipinski definition) is 0. The molecule has 0 heterocycles. The summed E-state index contributed by atoms with van der Waals surface area (Å²) < 4.78 is 0. The Balaban J connectivity index is 1.82. The zero-order valence-electron chi connectivity index (χ0n) is 9.74. The van der Waals surface area contributed by atoms with Crippen LogP contribution in [0.15, 0.2) is 29.2 Å². The second-order valence-corrected chi connectivity index (χ2v) is 5.60. The summed E-state index contributed by atoms with van der Waals surface area (Å²) in [5.41, 5.74) is 1.27. The predicted molar refractivity (Wildman–Crippen MR) is 68.9 cm³/mol. The van der Waals surface area contributed by atoms with Crippen molar-refractivity contribution in [3.8, 4) is 0 Å². The van der Waals surface area contributed by atoms with Crippen LogP contribution >= 0.6 is 11.8 Å². The molecule has 0 unspecified atom stereocenters. The molecule has 86 valence electrons. The summed E-state index contributed by atoms with van der Waals surface area (Å²) in [6.45, 7) is 2.08. The van der Waals surface area contributed by atoms with Gasteiger partial charge in [0, 0.05) is 10.8 Å². The number of hydrogen-bond acceptors (Lipinski definition) is 2. The van der Waals surface area contributed by atoms with Gasteiger partial charge in [0.05, 0.1) is 5.75 Å². The molecule has 0 aliphatic heterocycles. The standard InChI is InChI=1S/C14H18OS/c1-11-6-8-13(9-7-11)16-10-14(15)12-4-2-3-5-12/h6-9,12H,2-5,10H2,1H3. The molecule has 0 aromatic heterocycles. The van der Waals surface area contributed by atoms with Crippen molar-refractivity contribution in [2.45, 2.75) is 37.5 Å². The van der Waals surface area contributed by atoms with Crippen LogP contribution in [0.5, 0.6) is 0 Å². The van der Waals surface area contributed by atoms with E-state index in [0.717, 1.165) is 12.8 Å². The van der Waals surface area contributed by atoms with Crippen molar-refractivity contribution in [3.63, 3.8) is 0 Å². The summed E-state index contributed by atoms with van der Waals surface area (Å²) >= 11 is 1.67. The average molecular weight is 234 g/mol. The summed E-state index contributed by atoms with van der Waals surface area (Å²) in [6, 6.07) is 8.40. The number of aryl methyl sites for hydroxylation is 1. The van der Waals surface area contributed by atoms with Crippen molar-refractivity contribution < 1.29 is 4.79 Å². The van der Waals surface area contributed by atoms with Gasteiger partial charge in [-0.1, -0.05) is 30.5 Å². The van der Waals surface area contributed by atoms with E-state index in [1.54, 1.807) is 11.8 Å².